The monoisotopic (exact) mass is 216 g/mol. The fourth-order valence-electron chi connectivity index (χ4n) is 2.97. The van der Waals surface area contributed by atoms with E-state index < -0.39 is 0 Å². The van der Waals surface area contributed by atoms with Gasteiger partial charge in [-0.1, -0.05) is 6.07 Å². The van der Waals surface area contributed by atoms with E-state index in [1.54, 1.807) is 0 Å². The summed E-state index contributed by atoms with van der Waals surface area (Å²) < 4.78 is 0. The standard InChI is InChI=1S/C14H20N2/c1-2-6-14-11(4-1)8-13(10-16-14)12-5-3-7-15-9-12/h8,10,12,15H,1-7,9H2. The van der Waals surface area contributed by atoms with Crippen molar-refractivity contribution in [3.8, 4) is 0 Å². The lowest BCUT2D eigenvalue weighted by atomic mass is 9.89. The molecule has 1 aromatic heterocycles. The Hall–Kier alpha value is -0.890. The number of pyridine rings is 1. The van der Waals surface area contributed by atoms with Crippen molar-refractivity contribution in [2.24, 2.45) is 0 Å². The Morgan fingerprint density at radius 3 is 3.00 bits per heavy atom. The molecule has 0 amide bonds. The van der Waals surface area contributed by atoms with Crippen LogP contribution in [0.15, 0.2) is 12.3 Å². The molecule has 86 valence electrons. The van der Waals surface area contributed by atoms with Gasteiger partial charge in [-0.05, 0) is 62.1 Å². The highest BCUT2D eigenvalue weighted by molar-refractivity contribution is 5.29. The van der Waals surface area contributed by atoms with E-state index in [2.05, 4.69) is 22.6 Å². The number of hydrogen-bond donors (Lipinski definition) is 1. The van der Waals surface area contributed by atoms with E-state index in [1.165, 1.54) is 61.9 Å². The SMILES string of the molecule is c1nc2c(cc1C1CCCNC1)CCCC2. The Labute approximate surface area is 97.5 Å². The minimum Gasteiger partial charge on any atom is -0.316 e. The number of nitrogens with one attached hydrogen (secondary N) is 1. The minimum absolute atomic E-state index is 0.702. The van der Waals surface area contributed by atoms with Gasteiger partial charge in [-0.15, -0.1) is 0 Å². The summed E-state index contributed by atoms with van der Waals surface area (Å²) in [5.74, 6) is 0.702. The van der Waals surface area contributed by atoms with E-state index in [0.29, 0.717) is 5.92 Å². The third-order valence-electron chi connectivity index (χ3n) is 3.96. The van der Waals surface area contributed by atoms with Crippen LogP contribution >= 0.6 is 0 Å². The smallest absolute Gasteiger partial charge is 0.0435 e. The average molecular weight is 216 g/mol. The summed E-state index contributed by atoms with van der Waals surface area (Å²) in [5.41, 5.74) is 4.35. The number of nitrogens with zero attached hydrogens (tertiary/aromatic N) is 1. The molecule has 2 nitrogen and oxygen atoms in total. The second kappa shape index (κ2) is 4.54. The van der Waals surface area contributed by atoms with Gasteiger partial charge in [-0.25, -0.2) is 0 Å². The quantitative estimate of drug-likeness (QED) is 0.780. The molecule has 0 saturated carbocycles. The van der Waals surface area contributed by atoms with Crippen LogP contribution in [-0.2, 0) is 12.8 Å². The van der Waals surface area contributed by atoms with Crippen molar-refractivity contribution in [2.75, 3.05) is 13.1 Å². The highest BCUT2D eigenvalue weighted by Crippen LogP contribution is 2.27. The van der Waals surface area contributed by atoms with Gasteiger partial charge in [0.05, 0.1) is 0 Å². The molecule has 1 N–H and O–H groups in total. The third kappa shape index (κ3) is 1.99. The maximum Gasteiger partial charge on any atom is 0.0435 e. The maximum absolute atomic E-state index is 4.67. The number of rotatable bonds is 1. The van der Waals surface area contributed by atoms with Gasteiger partial charge in [0.15, 0.2) is 0 Å². The molecule has 0 bridgehead atoms. The summed E-state index contributed by atoms with van der Waals surface area (Å²) >= 11 is 0. The van der Waals surface area contributed by atoms with Gasteiger partial charge in [0.1, 0.15) is 0 Å². The molecule has 1 aromatic rings. The summed E-state index contributed by atoms with van der Waals surface area (Å²) in [7, 11) is 0. The highest BCUT2D eigenvalue weighted by Gasteiger charge is 2.18. The van der Waals surface area contributed by atoms with Crippen LogP contribution in [0.4, 0.5) is 0 Å². The summed E-state index contributed by atoms with van der Waals surface area (Å²) in [5, 5.41) is 3.49. The Morgan fingerprint density at radius 1 is 1.19 bits per heavy atom. The lowest BCUT2D eigenvalue weighted by Gasteiger charge is -2.24. The van der Waals surface area contributed by atoms with E-state index in [9.17, 15) is 0 Å². The van der Waals surface area contributed by atoms with Gasteiger partial charge in [0.2, 0.25) is 0 Å². The van der Waals surface area contributed by atoms with Crippen molar-refractivity contribution < 1.29 is 0 Å². The van der Waals surface area contributed by atoms with Crippen LogP contribution in [0.2, 0.25) is 0 Å². The van der Waals surface area contributed by atoms with Crippen LogP contribution in [0.5, 0.6) is 0 Å². The Morgan fingerprint density at radius 2 is 2.12 bits per heavy atom. The lowest BCUT2D eigenvalue weighted by Crippen LogP contribution is -2.28. The van der Waals surface area contributed by atoms with Crippen LogP contribution in [0.3, 0.4) is 0 Å². The molecule has 1 fully saturated rings. The normalized spacial score (nSPS) is 25.1. The molecule has 1 aliphatic heterocycles. The van der Waals surface area contributed by atoms with Crippen molar-refractivity contribution in [2.45, 2.75) is 44.4 Å². The van der Waals surface area contributed by atoms with Crippen molar-refractivity contribution in [1.82, 2.24) is 10.3 Å². The van der Waals surface area contributed by atoms with Crippen LogP contribution < -0.4 is 5.32 Å². The van der Waals surface area contributed by atoms with Crippen LogP contribution in [0.1, 0.15) is 48.4 Å². The number of fused-ring (bicyclic) bond motifs is 1. The Balaban J connectivity index is 1.84. The first kappa shape index (κ1) is 10.3. The van der Waals surface area contributed by atoms with Crippen molar-refractivity contribution in [3.05, 3.63) is 29.1 Å². The Kier molecular flexibility index (Phi) is 2.92. The molecule has 1 unspecified atom stereocenters. The first-order valence-corrected chi connectivity index (χ1v) is 6.62. The third-order valence-corrected chi connectivity index (χ3v) is 3.96. The highest BCUT2D eigenvalue weighted by atomic mass is 14.9. The molecule has 0 spiro atoms. The molecule has 2 heterocycles. The van der Waals surface area contributed by atoms with Gasteiger partial charge >= 0.3 is 0 Å². The molecule has 16 heavy (non-hydrogen) atoms. The average Bonchev–Trinajstić information content (AvgIpc) is 2.39. The van der Waals surface area contributed by atoms with Crippen LogP contribution in [0, 0.1) is 0 Å². The topological polar surface area (TPSA) is 24.9 Å². The summed E-state index contributed by atoms with van der Waals surface area (Å²) in [6, 6.07) is 2.43. The molecule has 2 heteroatoms. The van der Waals surface area contributed by atoms with E-state index in [-0.39, 0.29) is 0 Å². The molecule has 1 saturated heterocycles. The zero-order chi connectivity index (χ0) is 10.8. The number of piperidine rings is 1. The largest absolute Gasteiger partial charge is 0.316 e. The lowest BCUT2D eigenvalue weighted by molar-refractivity contribution is 0.460. The number of hydrogen-bond acceptors (Lipinski definition) is 2. The predicted octanol–water partition coefficient (Wildman–Crippen LogP) is 2.43. The molecule has 1 atom stereocenters. The van der Waals surface area contributed by atoms with Crippen molar-refractivity contribution in [3.63, 3.8) is 0 Å². The molecule has 0 radical (unpaired) electrons. The molecule has 1 aliphatic carbocycles. The van der Waals surface area contributed by atoms with E-state index in [4.69, 9.17) is 0 Å². The molecule has 2 aliphatic rings. The van der Waals surface area contributed by atoms with Crippen LogP contribution in [0.25, 0.3) is 0 Å². The minimum atomic E-state index is 0.702. The van der Waals surface area contributed by atoms with Gasteiger partial charge in [-0.2, -0.15) is 0 Å². The van der Waals surface area contributed by atoms with Gasteiger partial charge < -0.3 is 5.32 Å². The predicted molar refractivity (Wildman–Crippen MR) is 65.7 cm³/mol. The van der Waals surface area contributed by atoms with Crippen molar-refractivity contribution in [1.29, 1.82) is 0 Å². The summed E-state index contributed by atoms with van der Waals surface area (Å²) in [6.07, 6.45) is 9.87. The van der Waals surface area contributed by atoms with E-state index in [0.717, 1.165) is 6.54 Å². The molecule has 3 rings (SSSR count). The van der Waals surface area contributed by atoms with Crippen LogP contribution in [-0.4, -0.2) is 18.1 Å². The first-order chi connectivity index (χ1) is 7.93. The maximum atomic E-state index is 4.67. The second-order valence-electron chi connectivity index (χ2n) is 5.12. The summed E-state index contributed by atoms with van der Waals surface area (Å²) in [4.78, 5) is 4.67. The summed E-state index contributed by atoms with van der Waals surface area (Å²) in [6.45, 7) is 2.33. The Bertz CT molecular complexity index is 367. The van der Waals surface area contributed by atoms with E-state index in [1.807, 2.05) is 0 Å². The molecule has 0 aromatic carbocycles. The zero-order valence-electron chi connectivity index (χ0n) is 9.84. The zero-order valence-corrected chi connectivity index (χ0v) is 9.84. The fraction of sp³-hybridized carbons (Fsp3) is 0.643. The molecular weight excluding hydrogens is 196 g/mol. The number of aromatic nitrogens is 1. The van der Waals surface area contributed by atoms with E-state index >= 15 is 0 Å². The first-order valence-electron chi connectivity index (χ1n) is 6.62. The van der Waals surface area contributed by atoms with Gasteiger partial charge in [0, 0.05) is 18.4 Å². The fourth-order valence-corrected chi connectivity index (χ4v) is 2.97. The van der Waals surface area contributed by atoms with Gasteiger partial charge in [0.25, 0.3) is 0 Å². The second-order valence-corrected chi connectivity index (χ2v) is 5.12. The number of aryl methyl sites for hydroxylation is 2. The van der Waals surface area contributed by atoms with Gasteiger partial charge in [-0.3, -0.25) is 4.98 Å². The molecular formula is C14H20N2. The van der Waals surface area contributed by atoms with Crippen molar-refractivity contribution >= 4 is 0 Å².